The molecule has 0 unspecified atom stereocenters. The van der Waals surface area contributed by atoms with Gasteiger partial charge in [0.2, 0.25) is 0 Å². The van der Waals surface area contributed by atoms with Gasteiger partial charge in [0.25, 0.3) is 5.91 Å². The molecule has 0 saturated carbocycles. The third-order valence-corrected chi connectivity index (χ3v) is 6.65. The highest BCUT2D eigenvalue weighted by Gasteiger charge is 2.34. The predicted molar refractivity (Wildman–Crippen MR) is 105 cm³/mol. The molecule has 1 N–H and O–H groups in total. The van der Waals surface area contributed by atoms with Crippen molar-refractivity contribution in [2.45, 2.75) is 32.4 Å². The van der Waals surface area contributed by atoms with Crippen molar-refractivity contribution in [3.8, 4) is 10.7 Å². The van der Waals surface area contributed by atoms with E-state index >= 15 is 0 Å². The van der Waals surface area contributed by atoms with E-state index in [1.54, 1.807) is 11.3 Å². The molecule has 0 atom stereocenters. The Hall–Kier alpha value is -2.18. The van der Waals surface area contributed by atoms with Crippen molar-refractivity contribution in [1.82, 2.24) is 19.8 Å². The summed E-state index contributed by atoms with van der Waals surface area (Å²) in [6, 6.07) is 8.66. The van der Waals surface area contributed by atoms with Gasteiger partial charge in [0.1, 0.15) is 5.82 Å². The molecule has 1 saturated heterocycles. The SMILES string of the molecule is Cc1ccc(-c2nc3cc4c(cc3[nH]2)CN(C2CCN(C)CC2)C4=O)s1. The van der Waals surface area contributed by atoms with E-state index in [0.717, 1.165) is 65.3 Å². The van der Waals surface area contributed by atoms with E-state index in [2.05, 4.69) is 47.0 Å². The molecule has 0 radical (unpaired) electrons. The minimum Gasteiger partial charge on any atom is -0.337 e. The summed E-state index contributed by atoms with van der Waals surface area (Å²) in [5, 5.41) is 0. The number of nitrogens with one attached hydrogen (secondary N) is 1. The van der Waals surface area contributed by atoms with Crippen LogP contribution in [0.15, 0.2) is 24.3 Å². The highest BCUT2D eigenvalue weighted by atomic mass is 32.1. The van der Waals surface area contributed by atoms with Gasteiger partial charge in [-0.2, -0.15) is 0 Å². The van der Waals surface area contributed by atoms with E-state index in [0.29, 0.717) is 6.04 Å². The number of aromatic amines is 1. The fraction of sp³-hybridized carbons (Fsp3) is 0.400. The lowest BCUT2D eigenvalue weighted by atomic mass is 10.0. The second-order valence-corrected chi connectivity index (χ2v) is 8.78. The number of piperidine rings is 1. The highest BCUT2D eigenvalue weighted by Crippen LogP contribution is 2.33. The molecule has 0 bridgehead atoms. The molecular weight excluding hydrogens is 344 g/mol. The fourth-order valence-corrected chi connectivity index (χ4v) is 4.93. The number of aryl methyl sites for hydroxylation is 1. The Bertz CT molecular complexity index is 997. The summed E-state index contributed by atoms with van der Waals surface area (Å²) in [5.74, 6) is 1.06. The van der Waals surface area contributed by atoms with E-state index in [4.69, 9.17) is 4.98 Å². The molecule has 0 aliphatic carbocycles. The van der Waals surface area contributed by atoms with Crippen LogP contribution >= 0.6 is 11.3 Å². The van der Waals surface area contributed by atoms with Gasteiger partial charge in [0.05, 0.1) is 15.9 Å². The minimum absolute atomic E-state index is 0.174. The van der Waals surface area contributed by atoms with E-state index in [-0.39, 0.29) is 5.91 Å². The molecule has 4 heterocycles. The molecule has 6 heteroatoms. The number of carbonyl (C=O) groups is 1. The molecule has 26 heavy (non-hydrogen) atoms. The zero-order valence-corrected chi connectivity index (χ0v) is 15.9. The Balaban J connectivity index is 1.46. The predicted octanol–water partition coefficient (Wildman–Crippen LogP) is 3.65. The van der Waals surface area contributed by atoms with E-state index in [1.807, 2.05) is 6.07 Å². The van der Waals surface area contributed by atoms with E-state index < -0.39 is 0 Å². The molecule has 134 valence electrons. The number of fused-ring (bicyclic) bond motifs is 2. The van der Waals surface area contributed by atoms with Gasteiger partial charge in [-0.1, -0.05) is 0 Å². The van der Waals surface area contributed by atoms with E-state index in [9.17, 15) is 4.79 Å². The van der Waals surface area contributed by atoms with Crippen LogP contribution in [0, 0.1) is 6.92 Å². The van der Waals surface area contributed by atoms with Gasteiger partial charge in [-0.05, 0) is 69.7 Å². The standard InChI is InChI=1S/C20H22N4OS/c1-12-3-4-18(26-12)19-21-16-9-13-11-24(14-5-7-23(2)8-6-14)20(25)15(13)10-17(16)22-19/h3-4,9-10,14H,5-8,11H2,1-2H3,(H,21,22). The number of imidazole rings is 1. The lowest BCUT2D eigenvalue weighted by Gasteiger charge is -2.34. The Labute approximate surface area is 156 Å². The van der Waals surface area contributed by atoms with Crippen molar-refractivity contribution < 1.29 is 4.79 Å². The van der Waals surface area contributed by atoms with Gasteiger partial charge in [-0.3, -0.25) is 4.79 Å². The maximum atomic E-state index is 13.0. The molecule has 0 spiro atoms. The molecule has 3 aromatic rings. The molecule has 2 aliphatic heterocycles. The van der Waals surface area contributed by atoms with Gasteiger partial charge >= 0.3 is 0 Å². The number of hydrogen-bond donors (Lipinski definition) is 1. The van der Waals surface area contributed by atoms with Crippen LogP contribution in [0.5, 0.6) is 0 Å². The summed E-state index contributed by atoms with van der Waals surface area (Å²) in [4.78, 5) is 28.0. The first kappa shape index (κ1) is 16.0. The Morgan fingerprint density at radius 3 is 2.77 bits per heavy atom. The van der Waals surface area contributed by atoms with Crippen LogP contribution in [-0.2, 0) is 6.54 Å². The van der Waals surface area contributed by atoms with Gasteiger partial charge in [-0.25, -0.2) is 4.98 Å². The lowest BCUT2D eigenvalue weighted by Crippen LogP contribution is -2.43. The van der Waals surface area contributed by atoms with Crippen molar-refractivity contribution in [2.75, 3.05) is 20.1 Å². The van der Waals surface area contributed by atoms with Crippen LogP contribution in [0.4, 0.5) is 0 Å². The Morgan fingerprint density at radius 2 is 2.04 bits per heavy atom. The smallest absolute Gasteiger partial charge is 0.254 e. The second-order valence-electron chi connectivity index (χ2n) is 7.49. The zero-order valence-electron chi connectivity index (χ0n) is 15.1. The topological polar surface area (TPSA) is 52.2 Å². The number of nitrogens with zero attached hydrogens (tertiary/aromatic N) is 3. The number of benzene rings is 1. The first-order valence-corrected chi connectivity index (χ1v) is 9.99. The Kier molecular flexibility index (Phi) is 3.65. The number of H-pyrrole nitrogens is 1. The van der Waals surface area contributed by atoms with Crippen molar-refractivity contribution in [3.05, 3.63) is 40.3 Å². The normalized spacial score (nSPS) is 18.8. The number of likely N-dealkylation sites (tertiary alicyclic amines) is 1. The number of aromatic nitrogens is 2. The number of hydrogen-bond acceptors (Lipinski definition) is 4. The van der Waals surface area contributed by atoms with Crippen LogP contribution in [0.2, 0.25) is 0 Å². The third-order valence-electron chi connectivity index (χ3n) is 5.64. The van der Waals surface area contributed by atoms with Crippen LogP contribution in [0.1, 0.15) is 33.6 Å². The number of rotatable bonds is 2. The zero-order chi connectivity index (χ0) is 17.8. The summed E-state index contributed by atoms with van der Waals surface area (Å²) in [7, 11) is 2.15. The monoisotopic (exact) mass is 366 g/mol. The lowest BCUT2D eigenvalue weighted by molar-refractivity contribution is 0.0617. The average molecular weight is 366 g/mol. The minimum atomic E-state index is 0.174. The summed E-state index contributed by atoms with van der Waals surface area (Å²) < 4.78 is 0. The highest BCUT2D eigenvalue weighted by molar-refractivity contribution is 7.15. The summed E-state index contributed by atoms with van der Waals surface area (Å²) >= 11 is 1.73. The fourth-order valence-electron chi connectivity index (χ4n) is 4.12. The van der Waals surface area contributed by atoms with Crippen LogP contribution in [0.3, 0.4) is 0 Å². The van der Waals surface area contributed by atoms with Crippen molar-refractivity contribution in [3.63, 3.8) is 0 Å². The third kappa shape index (κ3) is 2.56. The summed E-state index contributed by atoms with van der Waals surface area (Å²) in [6.45, 7) is 4.96. The average Bonchev–Trinajstić information content (AvgIpc) is 3.31. The van der Waals surface area contributed by atoms with Crippen molar-refractivity contribution in [2.24, 2.45) is 0 Å². The molecular formula is C20H22N4OS. The number of thiophene rings is 1. The molecule has 1 fully saturated rings. The number of amides is 1. The van der Waals surface area contributed by atoms with Crippen LogP contribution in [0.25, 0.3) is 21.7 Å². The quantitative estimate of drug-likeness (QED) is 0.753. The van der Waals surface area contributed by atoms with Crippen molar-refractivity contribution in [1.29, 1.82) is 0 Å². The molecule has 1 amide bonds. The van der Waals surface area contributed by atoms with Gasteiger partial charge in [0, 0.05) is 23.0 Å². The van der Waals surface area contributed by atoms with Gasteiger partial charge in [0.15, 0.2) is 0 Å². The molecule has 2 aromatic heterocycles. The van der Waals surface area contributed by atoms with Gasteiger partial charge in [-0.15, -0.1) is 11.3 Å². The van der Waals surface area contributed by atoms with Crippen molar-refractivity contribution >= 4 is 28.3 Å². The second kappa shape index (κ2) is 5.93. The first-order valence-electron chi connectivity index (χ1n) is 9.17. The summed E-state index contributed by atoms with van der Waals surface area (Å²) in [6.07, 6.45) is 2.13. The molecule has 5 nitrogen and oxygen atoms in total. The largest absolute Gasteiger partial charge is 0.337 e. The van der Waals surface area contributed by atoms with Gasteiger partial charge < -0.3 is 14.8 Å². The van der Waals surface area contributed by atoms with Crippen LogP contribution < -0.4 is 0 Å². The Morgan fingerprint density at radius 1 is 1.23 bits per heavy atom. The maximum Gasteiger partial charge on any atom is 0.254 e. The molecule has 1 aromatic carbocycles. The van der Waals surface area contributed by atoms with Crippen LogP contribution in [-0.4, -0.2) is 51.9 Å². The van der Waals surface area contributed by atoms with E-state index in [1.165, 1.54) is 4.88 Å². The number of carbonyl (C=O) groups excluding carboxylic acids is 1. The first-order chi connectivity index (χ1) is 12.6. The maximum absolute atomic E-state index is 13.0. The summed E-state index contributed by atoms with van der Waals surface area (Å²) in [5.41, 5.74) is 3.85. The molecule has 5 rings (SSSR count). The molecule has 2 aliphatic rings.